The van der Waals surface area contributed by atoms with Crippen LogP contribution in [0.4, 0.5) is 11.6 Å². The monoisotopic (exact) mass is 547 g/mol. The highest BCUT2D eigenvalue weighted by Gasteiger charge is 2.37. The minimum absolute atomic E-state index is 0.00237. The zero-order valence-corrected chi connectivity index (χ0v) is 23.0. The van der Waals surface area contributed by atoms with Gasteiger partial charge in [0, 0.05) is 5.41 Å². The summed E-state index contributed by atoms with van der Waals surface area (Å²) in [6, 6.07) is 19.2. The number of nitrogens with zero attached hydrogens (tertiary/aromatic N) is 4. The van der Waals surface area contributed by atoms with Crippen LogP contribution in [0.2, 0.25) is 5.15 Å². The topological polar surface area (TPSA) is 128 Å². The Morgan fingerprint density at radius 1 is 1.08 bits per heavy atom. The number of hydrogen-bond acceptors (Lipinski definition) is 6. The van der Waals surface area contributed by atoms with Gasteiger partial charge in [0.2, 0.25) is 0 Å². The molecule has 6 N–H and O–H groups in total. The molecule has 204 valence electrons. The summed E-state index contributed by atoms with van der Waals surface area (Å²) in [4.78, 5) is 21.1. The van der Waals surface area contributed by atoms with E-state index in [1.807, 2.05) is 0 Å². The maximum absolute atomic E-state index is 13.1. The van der Waals surface area contributed by atoms with Crippen molar-refractivity contribution in [3.63, 3.8) is 0 Å². The first-order chi connectivity index (χ1) is 18.9. The van der Waals surface area contributed by atoms with Gasteiger partial charge in [0.1, 0.15) is 6.54 Å². The summed E-state index contributed by atoms with van der Waals surface area (Å²) in [6.45, 7) is 6.08. The van der Waals surface area contributed by atoms with Gasteiger partial charge in [-0.2, -0.15) is 0 Å². The summed E-state index contributed by atoms with van der Waals surface area (Å²) in [5, 5.41) is 6.52. The lowest BCUT2D eigenvalue weighted by Gasteiger charge is -2.37. The van der Waals surface area contributed by atoms with Gasteiger partial charge in [0.05, 0.1) is 13.1 Å². The van der Waals surface area contributed by atoms with E-state index >= 15 is 0 Å². The van der Waals surface area contributed by atoms with Gasteiger partial charge in [0.15, 0.2) is 33.5 Å². The molecule has 1 aliphatic heterocycles. The third-order valence-electron chi connectivity index (χ3n) is 7.87. The molecule has 1 fully saturated rings. The Bertz CT molecular complexity index is 1460. The second-order valence-electron chi connectivity index (χ2n) is 10.3. The van der Waals surface area contributed by atoms with Gasteiger partial charge < -0.3 is 22.1 Å². The first kappa shape index (κ1) is 26.9. The van der Waals surface area contributed by atoms with Crippen LogP contribution in [0.1, 0.15) is 48.1 Å². The lowest BCUT2D eigenvalue weighted by Crippen LogP contribution is -2.43. The summed E-state index contributed by atoms with van der Waals surface area (Å²) in [6.07, 6.45) is 4.33. The fourth-order valence-corrected chi connectivity index (χ4v) is 5.88. The highest BCUT2D eigenvalue weighted by Crippen LogP contribution is 2.37. The third kappa shape index (κ3) is 5.69. The number of piperidine rings is 1. The van der Waals surface area contributed by atoms with Crippen molar-refractivity contribution in [1.29, 1.82) is 0 Å². The minimum atomic E-state index is -0.443. The number of carbonyl (C=O) groups excluding carboxylic acids is 1. The second-order valence-corrected chi connectivity index (χ2v) is 10.6. The van der Waals surface area contributed by atoms with E-state index in [-0.39, 0.29) is 27.9 Å². The van der Waals surface area contributed by atoms with Crippen LogP contribution in [-0.2, 0) is 26.1 Å². The Kier molecular flexibility index (Phi) is 7.99. The number of hydrogen-bond donors (Lipinski definition) is 4. The first-order valence-corrected chi connectivity index (χ1v) is 13.9. The minimum Gasteiger partial charge on any atom is -0.382 e. The average Bonchev–Trinajstić information content (AvgIpc) is 3.25. The lowest BCUT2D eigenvalue weighted by molar-refractivity contribution is -0.676. The van der Waals surface area contributed by atoms with E-state index in [1.165, 1.54) is 5.56 Å². The van der Waals surface area contributed by atoms with Gasteiger partial charge in [0.25, 0.3) is 11.7 Å². The van der Waals surface area contributed by atoms with Gasteiger partial charge in [-0.3, -0.25) is 4.79 Å². The highest BCUT2D eigenvalue weighted by atomic mass is 35.5. The number of imidazole rings is 1. The molecule has 0 spiro atoms. The largest absolute Gasteiger partial charge is 0.382 e. The molecule has 0 saturated carbocycles. The molecule has 39 heavy (non-hydrogen) atoms. The average molecular weight is 548 g/mol. The fraction of sp³-hybridized carbons (Fsp3) is 0.379. The Balaban J connectivity index is 1.48. The van der Waals surface area contributed by atoms with Crippen LogP contribution in [0.5, 0.6) is 0 Å². The van der Waals surface area contributed by atoms with Crippen molar-refractivity contribution in [2.45, 2.75) is 52.2 Å². The van der Waals surface area contributed by atoms with E-state index in [2.05, 4.69) is 91.3 Å². The summed E-state index contributed by atoms with van der Waals surface area (Å²) >= 11 is 6.02. The SMILES string of the molecule is CC[n+]1c(CNC(=O)c2nc(Cl)c(N)nc2N)n(CC2(CCc3ccccc3)CCNCC2)c2ccccc21. The summed E-state index contributed by atoms with van der Waals surface area (Å²) in [5.41, 5.74) is 15.4. The molecular weight excluding hydrogens is 512 g/mol. The van der Waals surface area contributed by atoms with E-state index in [1.54, 1.807) is 0 Å². The van der Waals surface area contributed by atoms with Crippen LogP contribution < -0.4 is 26.7 Å². The van der Waals surface area contributed by atoms with Gasteiger partial charge in [-0.25, -0.2) is 19.1 Å². The maximum Gasteiger partial charge on any atom is 0.277 e. The zero-order valence-electron chi connectivity index (χ0n) is 22.3. The number of rotatable bonds is 9. The normalized spacial score (nSPS) is 14.9. The van der Waals surface area contributed by atoms with Crippen LogP contribution in [-0.4, -0.2) is 33.5 Å². The van der Waals surface area contributed by atoms with Crippen LogP contribution in [0.3, 0.4) is 0 Å². The van der Waals surface area contributed by atoms with Crippen LogP contribution in [0, 0.1) is 5.41 Å². The van der Waals surface area contributed by atoms with Crippen LogP contribution in [0.25, 0.3) is 11.0 Å². The predicted molar refractivity (Wildman–Crippen MR) is 154 cm³/mol. The molecule has 2 aromatic heterocycles. The molecule has 4 aromatic rings. The lowest BCUT2D eigenvalue weighted by atomic mass is 9.74. The summed E-state index contributed by atoms with van der Waals surface area (Å²) in [7, 11) is 0. The number of halogens is 1. The summed E-state index contributed by atoms with van der Waals surface area (Å²) in [5.74, 6) is 0.532. The van der Waals surface area contributed by atoms with Crippen molar-refractivity contribution in [3.8, 4) is 0 Å². The molecule has 5 rings (SSSR count). The van der Waals surface area contributed by atoms with Gasteiger partial charge in [-0.15, -0.1) is 0 Å². The number of fused-ring (bicyclic) bond motifs is 1. The Morgan fingerprint density at radius 2 is 1.79 bits per heavy atom. The molecule has 1 aliphatic rings. The number of amides is 1. The highest BCUT2D eigenvalue weighted by molar-refractivity contribution is 6.31. The Morgan fingerprint density at radius 3 is 2.54 bits per heavy atom. The molecule has 9 nitrogen and oxygen atoms in total. The molecule has 1 amide bonds. The number of aromatic nitrogens is 4. The molecule has 0 unspecified atom stereocenters. The number of anilines is 2. The second kappa shape index (κ2) is 11.6. The number of benzene rings is 2. The number of nitrogen functional groups attached to an aromatic ring is 2. The maximum atomic E-state index is 13.1. The smallest absolute Gasteiger partial charge is 0.277 e. The third-order valence-corrected chi connectivity index (χ3v) is 8.15. The Hall–Kier alpha value is -3.69. The van der Waals surface area contributed by atoms with E-state index in [0.717, 1.165) is 68.7 Å². The van der Waals surface area contributed by atoms with Gasteiger partial charge in [-0.1, -0.05) is 54.1 Å². The molecule has 10 heteroatoms. The number of nitrogens with one attached hydrogen (secondary N) is 2. The van der Waals surface area contributed by atoms with Crippen molar-refractivity contribution in [1.82, 2.24) is 25.2 Å². The molecule has 3 heterocycles. The first-order valence-electron chi connectivity index (χ1n) is 13.5. The number of nitrogens with two attached hydrogens (primary N) is 2. The molecule has 0 bridgehead atoms. The quantitative estimate of drug-likeness (QED) is 0.237. The zero-order chi connectivity index (χ0) is 27.4. The molecule has 2 aromatic carbocycles. The molecule has 0 radical (unpaired) electrons. The van der Waals surface area contributed by atoms with Gasteiger partial charge in [-0.05, 0) is 63.4 Å². The molecular formula is C29H36ClN8O+. The van der Waals surface area contributed by atoms with Crippen LogP contribution >= 0.6 is 11.6 Å². The van der Waals surface area contributed by atoms with E-state index < -0.39 is 5.91 Å². The molecule has 0 aliphatic carbocycles. The number of carbonyl (C=O) groups is 1. The van der Waals surface area contributed by atoms with E-state index in [0.29, 0.717) is 6.54 Å². The Labute approximate surface area is 233 Å². The molecule has 0 atom stereocenters. The van der Waals surface area contributed by atoms with Crippen LogP contribution in [0.15, 0.2) is 54.6 Å². The van der Waals surface area contributed by atoms with Gasteiger partial charge >= 0.3 is 0 Å². The predicted octanol–water partition coefficient (Wildman–Crippen LogP) is 3.49. The van der Waals surface area contributed by atoms with Crippen molar-refractivity contribution in [3.05, 3.63) is 76.8 Å². The molecule has 1 saturated heterocycles. The number of aryl methyl sites for hydroxylation is 2. The van der Waals surface area contributed by atoms with E-state index in [4.69, 9.17) is 23.1 Å². The summed E-state index contributed by atoms with van der Waals surface area (Å²) < 4.78 is 4.67. The fourth-order valence-electron chi connectivity index (χ4n) is 5.75. The van der Waals surface area contributed by atoms with E-state index in [9.17, 15) is 4.79 Å². The van der Waals surface area contributed by atoms with Crippen molar-refractivity contribution in [2.24, 2.45) is 5.41 Å². The van der Waals surface area contributed by atoms with Crippen molar-refractivity contribution in [2.75, 3.05) is 24.6 Å². The van der Waals surface area contributed by atoms with Crippen molar-refractivity contribution >= 4 is 40.2 Å². The van der Waals surface area contributed by atoms with Crippen molar-refractivity contribution < 1.29 is 9.36 Å². The number of para-hydroxylation sites is 2. The standard InChI is InChI=1S/C29H35ClN8O/c1-2-37-21-10-6-7-11-22(21)38(23(37)18-34-28(39)24-26(31)36-27(32)25(30)35-24)19-29(14-16-33-17-15-29)13-12-20-8-4-3-5-9-20/h3-11,33H,2,12-19H2,1H3,(H4-,31,32,34,36,39)/p+1.